The van der Waals surface area contributed by atoms with E-state index in [1.165, 1.54) is 0 Å². The van der Waals surface area contributed by atoms with E-state index in [1.807, 2.05) is 18.2 Å². The van der Waals surface area contributed by atoms with E-state index < -0.39 is 0 Å². The maximum atomic E-state index is 11.4. The number of hydrogen-bond acceptors (Lipinski definition) is 2. The Labute approximate surface area is 108 Å². The van der Waals surface area contributed by atoms with Gasteiger partial charge in [-0.15, -0.1) is 11.6 Å². The fourth-order valence-corrected chi connectivity index (χ4v) is 1.92. The van der Waals surface area contributed by atoms with Gasteiger partial charge in [-0.25, -0.2) is 0 Å². The van der Waals surface area contributed by atoms with Crippen LogP contribution in [0.2, 0.25) is 0 Å². The first kappa shape index (κ1) is 13.5. The van der Waals surface area contributed by atoms with Gasteiger partial charge in [0.15, 0.2) is 0 Å². The van der Waals surface area contributed by atoms with Crippen molar-refractivity contribution in [3.63, 3.8) is 0 Å². The lowest BCUT2D eigenvalue weighted by Gasteiger charge is -2.11. The molecule has 3 nitrogen and oxygen atoms in total. The minimum Gasteiger partial charge on any atom is -0.380 e. The molecule has 0 aliphatic carbocycles. The van der Waals surface area contributed by atoms with Crippen LogP contribution in [0.1, 0.15) is 12.0 Å². The Bertz CT molecular complexity index is 371. The van der Waals surface area contributed by atoms with E-state index in [9.17, 15) is 4.79 Å². The monoisotopic (exact) mass is 305 g/mol. The summed E-state index contributed by atoms with van der Waals surface area (Å²) < 4.78 is 6.00. The van der Waals surface area contributed by atoms with Gasteiger partial charge < -0.3 is 10.1 Å². The first-order valence-electron chi connectivity index (χ1n) is 4.81. The van der Waals surface area contributed by atoms with Gasteiger partial charge in [-0.2, -0.15) is 0 Å². The van der Waals surface area contributed by atoms with Crippen LogP contribution in [0.25, 0.3) is 0 Å². The number of benzene rings is 1. The van der Waals surface area contributed by atoms with Gasteiger partial charge in [-0.05, 0) is 12.1 Å². The molecule has 1 rings (SSSR count). The van der Waals surface area contributed by atoms with E-state index in [4.69, 9.17) is 16.3 Å². The number of hydrogen-bond donors (Lipinski definition) is 1. The Morgan fingerprint density at radius 2 is 2.31 bits per heavy atom. The molecule has 88 valence electrons. The molecular formula is C11H13BrClNO2. The van der Waals surface area contributed by atoms with Gasteiger partial charge in [0.1, 0.15) is 0 Å². The summed E-state index contributed by atoms with van der Waals surface area (Å²) in [6.07, 6.45) is 0.306. The van der Waals surface area contributed by atoms with E-state index in [2.05, 4.69) is 21.2 Å². The van der Waals surface area contributed by atoms with E-state index in [0.717, 1.165) is 15.7 Å². The molecule has 1 aromatic rings. The minimum absolute atomic E-state index is 0.0922. The van der Waals surface area contributed by atoms with Crippen LogP contribution in [-0.4, -0.2) is 18.9 Å². The molecule has 0 radical (unpaired) electrons. The quantitative estimate of drug-likeness (QED) is 0.849. The number of anilines is 1. The Morgan fingerprint density at radius 1 is 1.56 bits per heavy atom. The lowest BCUT2D eigenvalue weighted by Crippen LogP contribution is -2.13. The first-order chi connectivity index (χ1) is 7.69. The number of methoxy groups -OCH3 is 1. The van der Waals surface area contributed by atoms with Gasteiger partial charge in [0.2, 0.25) is 5.91 Å². The normalized spacial score (nSPS) is 10.2. The third-order valence-corrected chi connectivity index (χ3v) is 2.94. The van der Waals surface area contributed by atoms with E-state index in [-0.39, 0.29) is 5.91 Å². The fraction of sp³-hybridized carbons (Fsp3) is 0.364. The van der Waals surface area contributed by atoms with Crippen LogP contribution in [0.4, 0.5) is 5.69 Å². The zero-order valence-electron chi connectivity index (χ0n) is 8.93. The minimum atomic E-state index is -0.0922. The number of ether oxygens (including phenoxy) is 1. The first-order valence-corrected chi connectivity index (χ1v) is 6.14. The maximum absolute atomic E-state index is 11.4. The highest BCUT2D eigenvalue weighted by Crippen LogP contribution is 2.25. The summed E-state index contributed by atoms with van der Waals surface area (Å²) in [6, 6.07) is 5.61. The number of carbonyl (C=O) groups is 1. The fourth-order valence-electron chi connectivity index (χ4n) is 1.27. The SMILES string of the molecule is COCc1c(Br)cccc1NC(=O)CCCl. The van der Waals surface area contributed by atoms with E-state index >= 15 is 0 Å². The summed E-state index contributed by atoms with van der Waals surface area (Å²) in [5.41, 5.74) is 1.68. The summed E-state index contributed by atoms with van der Waals surface area (Å²) in [5, 5.41) is 2.80. The average molecular weight is 307 g/mol. The Hall–Kier alpha value is -0.580. The maximum Gasteiger partial charge on any atom is 0.225 e. The van der Waals surface area contributed by atoms with Gasteiger partial charge in [0, 0.05) is 35.1 Å². The van der Waals surface area contributed by atoms with Crippen LogP contribution in [0.3, 0.4) is 0 Å². The predicted molar refractivity (Wildman–Crippen MR) is 68.8 cm³/mol. The van der Waals surface area contributed by atoms with Crippen molar-refractivity contribution in [3.8, 4) is 0 Å². The van der Waals surface area contributed by atoms with Crippen molar-refractivity contribution in [1.82, 2.24) is 0 Å². The lowest BCUT2D eigenvalue weighted by atomic mass is 10.2. The molecule has 0 atom stereocenters. The Kier molecular flexibility index (Phi) is 5.80. The summed E-state index contributed by atoms with van der Waals surface area (Å²) >= 11 is 8.92. The number of carbonyl (C=O) groups excluding carboxylic acids is 1. The zero-order valence-corrected chi connectivity index (χ0v) is 11.3. The van der Waals surface area contributed by atoms with Crippen molar-refractivity contribution in [1.29, 1.82) is 0 Å². The largest absolute Gasteiger partial charge is 0.380 e. The van der Waals surface area contributed by atoms with Crippen molar-refractivity contribution in [2.75, 3.05) is 18.3 Å². The highest BCUT2D eigenvalue weighted by molar-refractivity contribution is 9.10. The molecule has 0 aliphatic rings. The number of rotatable bonds is 5. The van der Waals surface area contributed by atoms with Gasteiger partial charge in [0.25, 0.3) is 0 Å². The molecule has 0 spiro atoms. The van der Waals surface area contributed by atoms with Crippen molar-refractivity contribution >= 4 is 39.1 Å². The number of alkyl halides is 1. The second-order valence-corrected chi connectivity index (χ2v) is 4.42. The second kappa shape index (κ2) is 6.89. The third-order valence-electron chi connectivity index (χ3n) is 2.00. The predicted octanol–water partition coefficient (Wildman–Crippen LogP) is 3.16. The smallest absolute Gasteiger partial charge is 0.225 e. The lowest BCUT2D eigenvalue weighted by molar-refractivity contribution is -0.115. The molecule has 16 heavy (non-hydrogen) atoms. The molecule has 0 bridgehead atoms. The molecule has 0 heterocycles. The topological polar surface area (TPSA) is 38.3 Å². The van der Waals surface area contributed by atoms with Crippen molar-refractivity contribution in [2.24, 2.45) is 0 Å². The number of nitrogens with one attached hydrogen (secondary N) is 1. The van der Waals surface area contributed by atoms with E-state index in [1.54, 1.807) is 7.11 Å². The summed E-state index contributed by atoms with van der Waals surface area (Å²) in [6.45, 7) is 0.442. The van der Waals surface area contributed by atoms with Crippen LogP contribution < -0.4 is 5.32 Å². The molecule has 0 aromatic heterocycles. The third kappa shape index (κ3) is 3.77. The average Bonchev–Trinajstić information content (AvgIpc) is 2.23. The molecule has 1 N–H and O–H groups in total. The van der Waals surface area contributed by atoms with Crippen LogP contribution in [0.15, 0.2) is 22.7 Å². The number of halogens is 2. The van der Waals surface area contributed by atoms with E-state index in [0.29, 0.717) is 18.9 Å². The standard InChI is InChI=1S/C11H13BrClNO2/c1-16-7-8-9(12)3-2-4-10(8)14-11(15)5-6-13/h2-4H,5-7H2,1H3,(H,14,15). The molecule has 1 amide bonds. The molecule has 0 saturated carbocycles. The van der Waals surface area contributed by atoms with Crippen molar-refractivity contribution in [2.45, 2.75) is 13.0 Å². The Morgan fingerprint density at radius 3 is 2.94 bits per heavy atom. The zero-order chi connectivity index (χ0) is 12.0. The van der Waals surface area contributed by atoms with Crippen LogP contribution in [0, 0.1) is 0 Å². The number of amides is 1. The highest BCUT2D eigenvalue weighted by atomic mass is 79.9. The molecule has 0 fully saturated rings. The van der Waals surface area contributed by atoms with Crippen molar-refractivity contribution in [3.05, 3.63) is 28.2 Å². The van der Waals surface area contributed by atoms with Gasteiger partial charge in [-0.1, -0.05) is 22.0 Å². The summed E-state index contributed by atoms with van der Waals surface area (Å²) in [7, 11) is 1.61. The van der Waals surface area contributed by atoms with Crippen LogP contribution >= 0.6 is 27.5 Å². The summed E-state index contributed by atoms with van der Waals surface area (Å²) in [4.78, 5) is 11.4. The molecule has 1 aromatic carbocycles. The second-order valence-electron chi connectivity index (χ2n) is 3.19. The molecule has 0 saturated heterocycles. The summed E-state index contributed by atoms with van der Waals surface area (Å²) in [5.74, 6) is 0.227. The Balaban J connectivity index is 2.85. The van der Waals surface area contributed by atoms with Crippen molar-refractivity contribution < 1.29 is 9.53 Å². The molecule has 0 aliphatic heterocycles. The van der Waals surface area contributed by atoms with Gasteiger partial charge in [-0.3, -0.25) is 4.79 Å². The highest BCUT2D eigenvalue weighted by Gasteiger charge is 2.09. The van der Waals surface area contributed by atoms with Gasteiger partial charge >= 0.3 is 0 Å². The molecular weight excluding hydrogens is 293 g/mol. The molecule has 5 heteroatoms. The van der Waals surface area contributed by atoms with Crippen LogP contribution in [-0.2, 0) is 16.1 Å². The molecule has 0 unspecified atom stereocenters. The van der Waals surface area contributed by atoms with Crippen LogP contribution in [0.5, 0.6) is 0 Å². The van der Waals surface area contributed by atoms with Gasteiger partial charge in [0.05, 0.1) is 6.61 Å².